The molecule has 4 fully saturated rings. The first kappa shape index (κ1) is 37.7. The number of benzene rings is 2. The molecule has 4 aromatic rings. The number of hydrogen-bond donors (Lipinski definition) is 2. The number of ether oxygens (including phenoxy) is 1. The summed E-state index contributed by atoms with van der Waals surface area (Å²) in [6.07, 6.45) is -0.698. The topological polar surface area (TPSA) is 147 Å². The lowest BCUT2D eigenvalue weighted by atomic mass is 9.67. The number of alkyl halides is 5. The van der Waals surface area contributed by atoms with E-state index in [4.69, 9.17) is 9.97 Å². The fourth-order valence-corrected chi connectivity index (χ4v) is 13.2. The summed E-state index contributed by atoms with van der Waals surface area (Å²) in [6.45, 7) is -2.11. The standard InChI is InChI=1S/C34H33F6N7O5S3/c1-46-14-19-8-9-20(15-46)47(19)32-44-27(28(53-32)24-10-11-41-31(43-24)42-18-12-33(13-18)16-54(48,49)17-33)21-4-2-6-23(26(21)35)45-55(50,51)29-22(34(38,39)40)5-3-7-25(29)52-30(36)37/h2-7,10-11,18-20,30,45H,8-9,12-17H2,1H3,(H,41,42,43). The Morgan fingerprint density at radius 1 is 1.02 bits per heavy atom. The van der Waals surface area contributed by atoms with E-state index >= 15 is 4.39 Å². The third-order valence-corrected chi connectivity index (χ3v) is 15.0. The molecule has 1 aliphatic carbocycles. The van der Waals surface area contributed by atoms with Gasteiger partial charge in [-0.3, -0.25) is 4.72 Å². The minimum atomic E-state index is -5.40. The molecule has 2 bridgehead atoms. The quantitative estimate of drug-likeness (QED) is 0.179. The van der Waals surface area contributed by atoms with Crippen molar-refractivity contribution < 1.29 is 47.9 Å². The van der Waals surface area contributed by atoms with Crippen LogP contribution in [0.3, 0.4) is 0 Å². The molecule has 2 N–H and O–H groups in total. The van der Waals surface area contributed by atoms with Gasteiger partial charge in [-0.2, -0.15) is 22.0 Å². The van der Waals surface area contributed by atoms with E-state index in [0.29, 0.717) is 46.7 Å². The Morgan fingerprint density at radius 2 is 1.71 bits per heavy atom. The molecule has 0 amide bonds. The van der Waals surface area contributed by atoms with Gasteiger partial charge in [-0.25, -0.2) is 36.2 Å². The number of likely N-dealkylation sites (N-methyl/N-ethyl adjacent to an activating group) is 1. The Labute approximate surface area is 315 Å². The summed E-state index contributed by atoms with van der Waals surface area (Å²) in [5, 5.41) is 3.83. The first-order chi connectivity index (χ1) is 25.9. The van der Waals surface area contributed by atoms with E-state index in [1.165, 1.54) is 29.7 Å². The third kappa shape index (κ3) is 7.19. The van der Waals surface area contributed by atoms with E-state index < -0.39 is 60.4 Å². The van der Waals surface area contributed by atoms with E-state index in [2.05, 4.69) is 24.8 Å². The van der Waals surface area contributed by atoms with Gasteiger partial charge >= 0.3 is 12.8 Å². The molecule has 2 atom stereocenters. The zero-order valence-electron chi connectivity index (χ0n) is 28.9. The molecule has 55 heavy (non-hydrogen) atoms. The Balaban J connectivity index is 1.16. The van der Waals surface area contributed by atoms with Crippen molar-refractivity contribution in [3.05, 3.63) is 60.0 Å². The van der Waals surface area contributed by atoms with E-state index in [-0.39, 0.29) is 52.3 Å². The maximum Gasteiger partial charge on any atom is 0.417 e. The molecule has 1 saturated carbocycles. The molecule has 5 heterocycles. The first-order valence-electron chi connectivity index (χ1n) is 17.2. The molecule has 0 radical (unpaired) electrons. The number of thiazole rings is 1. The van der Waals surface area contributed by atoms with Crippen LogP contribution in [0.4, 0.5) is 43.1 Å². The summed E-state index contributed by atoms with van der Waals surface area (Å²) >= 11 is 1.25. The van der Waals surface area contributed by atoms with Gasteiger partial charge in [-0.1, -0.05) is 23.5 Å². The van der Waals surface area contributed by atoms with Crippen molar-refractivity contribution >= 4 is 48.0 Å². The maximum atomic E-state index is 16.6. The summed E-state index contributed by atoms with van der Waals surface area (Å²) in [7, 11) is -6.37. The zero-order valence-corrected chi connectivity index (χ0v) is 31.3. The van der Waals surface area contributed by atoms with Gasteiger partial charge < -0.3 is 19.9 Å². The van der Waals surface area contributed by atoms with Crippen molar-refractivity contribution in [3.8, 4) is 27.6 Å². The SMILES string of the molecule is CN1CC2CCC(C1)N2c1nc(-c2cccc(NS(=O)(=O)c3c(OC(F)F)cccc3C(F)(F)F)c2F)c(-c2ccnc(NC3CC4(C3)CS(=O)(=O)C4)n2)s1. The van der Waals surface area contributed by atoms with Crippen LogP contribution in [0, 0.1) is 11.2 Å². The Morgan fingerprint density at radius 3 is 2.36 bits per heavy atom. The maximum absolute atomic E-state index is 16.6. The van der Waals surface area contributed by atoms with Crippen LogP contribution < -0.4 is 19.7 Å². The number of aromatic nitrogens is 3. The van der Waals surface area contributed by atoms with Gasteiger partial charge in [0.25, 0.3) is 10.0 Å². The van der Waals surface area contributed by atoms with Gasteiger partial charge in [0.2, 0.25) is 5.95 Å². The molecule has 1 spiro atoms. The van der Waals surface area contributed by atoms with Crippen LogP contribution in [-0.4, -0.2) is 93.1 Å². The predicted octanol–water partition coefficient (Wildman–Crippen LogP) is 6.10. The minimum Gasteiger partial charge on any atom is -0.433 e. The van der Waals surface area contributed by atoms with E-state index in [1.807, 2.05) is 11.8 Å². The Bertz CT molecular complexity index is 2350. The van der Waals surface area contributed by atoms with Gasteiger partial charge in [0.15, 0.2) is 20.8 Å². The number of rotatable bonds is 10. The van der Waals surface area contributed by atoms with Crippen molar-refractivity contribution in [2.45, 2.75) is 61.5 Å². The van der Waals surface area contributed by atoms with E-state index in [1.54, 1.807) is 6.07 Å². The van der Waals surface area contributed by atoms with Crippen LogP contribution in [0.25, 0.3) is 21.8 Å². The number of anilines is 3. The number of nitrogens with one attached hydrogen (secondary N) is 2. The molecule has 294 valence electrons. The largest absolute Gasteiger partial charge is 0.433 e. The first-order valence-corrected chi connectivity index (χ1v) is 21.3. The molecule has 3 aliphatic heterocycles. The average Bonchev–Trinajstić information content (AvgIpc) is 3.61. The van der Waals surface area contributed by atoms with E-state index in [0.717, 1.165) is 32.0 Å². The Kier molecular flexibility index (Phi) is 9.24. The van der Waals surface area contributed by atoms with Crippen LogP contribution in [0.5, 0.6) is 5.75 Å². The lowest BCUT2D eigenvalue weighted by molar-refractivity contribution is -0.140. The van der Waals surface area contributed by atoms with Crippen LogP contribution in [0.2, 0.25) is 0 Å². The van der Waals surface area contributed by atoms with Gasteiger partial charge in [0, 0.05) is 48.4 Å². The number of fused-ring (bicyclic) bond motifs is 2. The summed E-state index contributed by atoms with van der Waals surface area (Å²) in [5.41, 5.74) is -2.54. The monoisotopic (exact) mass is 829 g/mol. The smallest absolute Gasteiger partial charge is 0.417 e. The molecular weight excluding hydrogens is 797 g/mol. The average molecular weight is 830 g/mol. The highest BCUT2D eigenvalue weighted by Crippen LogP contribution is 2.51. The molecule has 21 heteroatoms. The number of nitrogens with zero attached hydrogens (tertiary/aromatic N) is 5. The third-order valence-electron chi connectivity index (χ3n) is 10.4. The second-order valence-corrected chi connectivity index (χ2v) is 19.2. The fourth-order valence-electron chi connectivity index (χ4n) is 8.35. The van der Waals surface area contributed by atoms with Crippen LogP contribution >= 0.6 is 11.3 Å². The molecule has 2 aromatic heterocycles. The lowest BCUT2D eigenvalue weighted by Crippen LogP contribution is -2.60. The molecule has 3 saturated heterocycles. The van der Waals surface area contributed by atoms with Crippen molar-refractivity contribution in [3.63, 3.8) is 0 Å². The fraction of sp³-hybridized carbons (Fsp3) is 0.441. The van der Waals surface area contributed by atoms with Gasteiger partial charge in [-0.15, -0.1) is 0 Å². The molecule has 8 rings (SSSR count). The normalized spacial score (nSPS) is 22.1. The molecule has 12 nitrogen and oxygen atoms in total. The van der Waals surface area contributed by atoms with Crippen LogP contribution in [0.1, 0.15) is 31.2 Å². The highest BCUT2D eigenvalue weighted by atomic mass is 32.2. The Hall–Kier alpha value is -4.21. The van der Waals surface area contributed by atoms with Gasteiger partial charge in [0.1, 0.15) is 10.6 Å². The van der Waals surface area contributed by atoms with E-state index in [9.17, 15) is 38.8 Å². The summed E-state index contributed by atoms with van der Waals surface area (Å²) < 4.78 is 142. The zero-order chi connectivity index (χ0) is 39.1. The second-order valence-electron chi connectivity index (χ2n) is 14.5. The summed E-state index contributed by atoms with van der Waals surface area (Å²) in [5.74, 6) is -1.90. The lowest BCUT2D eigenvalue weighted by Gasteiger charge is -2.53. The number of sulfone groups is 1. The second kappa shape index (κ2) is 13.5. The van der Waals surface area contributed by atoms with Gasteiger partial charge in [0.05, 0.1) is 39.0 Å². The van der Waals surface area contributed by atoms with Crippen LogP contribution in [-0.2, 0) is 26.0 Å². The highest BCUT2D eigenvalue weighted by Gasteiger charge is 2.56. The number of sulfonamides is 1. The van der Waals surface area contributed by atoms with Crippen molar-refractivity contribution in [1.82, 2.24) is 19.9 Å². The number of likely N-dealkylation sites (tertiary alicyclic amines) is 1. The predicted molar refractivity (Wildman–Crippen MR) is 192 cm³/mol. The number of piperazine rings is 1. The summed E-state index contributed by atoms with van der Waals surface area (Å²) in [4.78, 5) is 17.1. The molecule has 2 aromatic carbocycles. The van der Waals surface area contributed by atoms with Crippen LogP contribution in [0.15, 0.2) is 53.6 Å². The molecule has 4 aliphatic rings. The molecule has 2 unspecified atom stereocenters. The minimum absolute atomic E-state index is 0.0561. The number of hydrogen-bond acceptors (Lipinski definition) is 12. The van der Waals surface area contributed by atoms with Crippen molar-refractivity contribution in [1.29, 1.82) is 0 Å². The molecular formula is C34H33F6N7O5S3. The summed E-state index contributed by atoms with van der Waals surface area (Å²) in [6, 6.07) is 7.15. The highest BCUT2D eigenvalue weighted by molar-refractivity contribution is 7.93. The van der Waals surface area contributed by atoms with Gasteiger partial charge in [-0.05, 0) is 63.1 Å². The van der Waals surface area contributed by atoms with Crippen molar-refractivity contribution in [2.75, 3.05) is 46.6 Å². The van der Waals surface area contributed by atoms with Crippen molar-refractivity contribution in [2.24, 2.45) is 5.41 Å². The number of halogens is 6.